The zero-order chi connectivity index (χ0) is 26.2. The second-order valence-corrected chi connectivity index (χ2v) is 8.78. The number of carbonyl (C=O) groups excluding carboxylic acids is 1. The van der Waals surface area contributed by atoms with Crippen molar-refractivity contribution < 1.29 is 62.3 Å². The fraction of sp³-hybridized carbons (Fsp3) is 0.526. The quantitative estimate of drug-likeness (QED) is 0.100. The molecule has 2 aromatic rings. The van der Waals surface area contributed by atoms with Gasteiger partial charge >= 0.3 is 32.0 Å². The van der Waals surface area contributed by atoms with E-state index in [1.165, 1.54) is 0 Å². The molecule has 2 aromatic heterocycles. The average molecular weight is 587 g/mol. The number of carbonyl (C=O) groups is 1. The molecule has 0 fully saturated rings. The fourth-order valence-electron chi connectivity index (χ4n) is 2.84. The summed E-state index contributed by atoms with van der Waals surface area (Å²) in [4.78, 5) is 16.5. The van der Waals surface area contributed by atoms with Gasteiger partial charge in [-0.15, -0.1) is 0 Å². The summed E-state index contributed by atoms with van der Waals surface area (Å²) in [7, 11) is -2.65. The zero-order valence-electron chi connectivity index (χ0n) is 19.5. The van der Waals surface area contributed by atoms with Crippen molar-refractivity contribution in [3.8, 4) is 11.4 Å². The summed E-state index contributed by atoms with van der Waals surface area (Å²) in [6, 6.07) is 8.17. The summed E-state index contributed by atoms with van der Waals surface area (Å²) < 4.78 is 27.3. The number of nitrogens with zero attached hydrogens (tertiary/aromatic N) is 3. The molecule has 1 amide bonds. The Bertz CT molecular complexity index is 727. The fourth-order valence-corrected chi connectivity index (χ4v) is 5.45. The summed E-state index contributed by atoms with van der Waals surface area (Å²) in [5.74, 6) is -0.0906. The molecule has 0 spiro atoms. The topological polar surface area (TPSA) is 185 Å². The standard InChI is InChI=1S/C19H30N4O4Si.Mo.2H2O2.O/c1-4-25-28(26-5-2,27-6-3)15-9-13-21-19(24)16-23-14-11-18(22-23)17-10-7-8-12-20-17;;2*1-2;/h7-8,10-12,14H,4-6,9,13,15-16H2,1-3H3,(H,21,24);;2*1-2H;. The molecular weight excluding hydrogens is 552 g/mol. The van der Waals surface area contributed by atoms with Crippen LogP contribution in [0.3, 0.4) is 0 Å². The van der Waals surface area contributed by atoms with Gasteiger partial charge in [-0.1, -0.05) is 6.07 Å². The Hall–Kier alpha value is -1.74. The number of hydrogen-bond acceptors (Lipinski definition) is 11. The first kappa shape index (κ1) is 34.4. The van der Waals surface area contributed by atoms with Crippen LogP contribution in [0.1, 0.15) is 27.2 Å². The second-order valence-electron chi connectivity index (χ2n) is 6.05. The molecule has 13 nitrogen and oxygen atoms in total. The van der Waals surface area contributed by atoms with E-state index < -0.39 is 8.80 Å². The van der Waals surface area contributed by atoms with E-state index in [4.69, 9.17) is 37.7 Å². The van der Waals surface area contributed by atoms with Crippen LogP contribution in [0.25, 0.3) is 11.4 Å². The molecule has 2 heterocycles. The monoisotopic (exact) mass is 588 g/mol. The maximum atomic E-state index is 12.2. The molecule has 0 atom stereocenters. The van der Waals surface area contributed by atoms with E-state index in [-0.39, 0.29) is 12.5 Å². The Morgan fingerprint density at radius 1 is 1.00 bits per heavy atom. The van der Waals surface area contributed by atoms with Crippen molar-refractivity contribution >= 4 is 14.7 Å². The molecule has 2 rings (SSSR count). The predicted octanol–water partition coefficient (Wildman–Crippen LogP) is 2.41. The van der Waals surface area contributed by atoms with Crippen LogP contribution in [0.4, 0.5) is 0 Å². The molecule has 0 radical (unpaired) electrons. The van der Waals surface area contributed by atoms with E-state index in [1.54, 1.807) is 17.1 Å². The first-order valence-electron chi connectivity index (χ1n) is 10.3. The van der Waals surface area contributed by atoms with Crippen molar-refractivity contribution in [1.29, 1.82) is 0 Å². The average Bonchev–Trinajstić information content (AvgIpc) is 3.35. The molecule has 0 unspecified atom stereocenters. The van der Waals surface area contributed by atoms with Crippen molar-refractivity contribution in [2.24, 2.45) is 0 Å². The summed E-state index contributed by atoms with van der Waals surface area (Å²) in [6.07, 6.45) is 4.23. The minimum atomic E-state index is -2.65. The Kier molecular flexibility index (Phi) is 23.3. The van der Waals surface area contributed by atoms with E-state index in [1.807, 2.05) is 45.0 Å². The molecule has 0 aliphatic heterocycles. The van der Waals surface area contributed by atoms with Crippen molar-refractivity contribution in [2.45, 2.75) is 39.8 Å². The van der Waals surface area contributed by atoms with E-state index in [0.717, 1.165) is 17.8 Å². The molecule has 0 aromatic carbocycles. The molecule has 0 aliphatic carbocycles. The summed E-state index contributed by atoms with van der Waals surface area (Å²) in [6.45, 7) is 8.16. The Labute approximate surface area is 211 Å². The van der Waals surface area contributed by atoms with Crippen LogP contribution in [0.15, 0.2) is 36.7 Å². The minimum absolute atomic E-state index is 0.0906. The van der Waals surface area contributed by atoms with E-state index in [2.05, 4.69) is 15.4 Å². The summed E-state index contributed by atoms with van der Waals surface area (Å²) in [5.41, 5.74) is 1.53. The van der Waals surface area contributed by atoms with Gasteiger partial charge in [-0.05, 0) is 45.4 Å². The van der Waals surface area contributed by atoms with Crippen molar-refractivity contribution in [2.75, 3.05) is 26.4 Å². The molecule has 34 heavy (non-hydrogen) atoms. The van der Waals surface area contributed by atoms with Crippen LogP contribution in [0.2, 0.25) is 6.04 Å². The third-order valence-corrected chi connectivity index (χ3v) is 7.10. The third-order valence-electron chi connectivity index (χ3n) is 3.95. The molecule has 194 valence electrons. The summed E-state index contributed by atoms with van der Waals surface area (Å²) in [5, 5.41) is 31.3. The zero-order valence-corrected chi connectivity index (χ0v) is 22.5. The SMILES string of the molecule is CCO[Si](CCCNC(=O)Cn1ccc(-c2ccccn2)n1)(OCC)OCC.OO.OO.[O]=[Mo]. The van der Waals surface area contributed by atoms with Gasteiger partial charge in [0.05, 0.1) is 5.69 Å². The summed E-state index contributed by atoms with van der Waals surface area (Å²) >= 11 is 0.700. The number of amides is 1. The van der Waals surface area contributed by atoms with Crippen LogP contribution in [-0.4, -0.2) is 76.9 Å². The van der Waals surface area contributed by atoms with Crippen LogP contribution in [-0.2, 0) is 47.8 Å². The van der Waals surface area contributed by atoms with Gasteiger partial charge in [-0.25, -0.2) is 0 Å². The number of aromatic nitrogens is 3. The Morgan fingerprint density at radius 3 is 2.09 bits per heavy atom. The predicted molar refractivity (Wildman–Crippen MR) is 120 cm³/mol. The normalized spacial score (nSPS) is 9.97. The van der Waals surface area contributed by atoms with E-state index >= 15 is 0 Å². The van der Waals surface area contributed by atoms with Gasteiger partial charge in [0.25, 0.3) is 0 Å². The van der Waals surface area contributed by atoms with Crippen LogP contribution < -0.4 is 5.32 Å². The molecule has 0 bridgehead atoms. The van der Waals surface area contributed by atoms with Gasteiger partial charge in [-0.2, -0.15) is 5.10 Å². The van der Waals surface area contributed by atoms with Gasteiger partial charge in [0.1, 0.15) is 12.2 Å². The number of nitrogens with one attached hydrogen (secondary N) is 1. The van der Waals surface area contributed by atoms with Gasteiger partial charge in [-0.3, -0.25) is 35.5 Å². The molecule has 0 saturated heterocycles. The van der Waals surface area contributed by atoms with Crippen molar-refractivity contribution in [3.63, 3.8) is 0 Å². The second kappa shape index (κ2) is 23.0. The van der Waals surface area contributed by atoms with Gasteiger partial charge in [0.2, 0.25) is 5.91 Å². The molecular formula is C19H34MoN4O9Si. The van der Waals surface area contributed by atoms with Crippen LogP contribution in [0.5, 0.6) is 0 Å². The molecule has 0 saturated carbocycles. The molecule has 15 heteroatoms. The first-order valence-corrected chi connectivity index (χ1v) is 13.1. The molecule has 5 N–H and O–H groups in total. The first-order chi connectivity index (χ1) is 16.6. The number of rotatable bonds is 13. The maximum absolute atomic E-state index is 12.2. The van der Waals surface area contributed by atoms with E-state index in [9.17, 15) is 4.79 Å². The van der Waals surface area contributed by atoms with Crippen LogP contribution >= 0.6 is 0 Å². The Morgan fingerprint density at radius 2 is 1.59 bits per heavy atom. The number of pyridine rings is 1. The van der Waals surface area contributed by atoms with Gasteiger partial charge in [0, 0.05) is 44.8 Å². The van der Waals surface area contributed by atoms with Crippen molar-refractivity contribution in [1.82, 2.24) is 20.1 Å². The van der Waals surface area contributed by atoms with E-state index in [0.29, 0.717) is 52.2 Å². The molecule has 0 aliphatic rings. The third kappa shape index (κ3) is 13.8. The van der Waals surface area contributed by atoms with Crippen molar-refractivity contribution in [3.05, 3.63) is 36.7 Å². The van der Waals surface area contributed by atoms with Gasteiger partial charge in [0.15, 0.2) is 0 Å². The van der Waals surface area contributed by atoms with Crippen LogP contribution in [0, 0.1) is 0 Å². The van der Waals surface area contributed by atoms with Gasteiger partial charge < -0.3 is 18.6 Å². The Balaban J connectivity index is 0. The number of hydrogen-bond donors (Lipinski definition) is 5.